The summed E-state index contributed by atoms with van der Waals surface area (Å²) in [6.45, 7) is 0.305. The fraction of sp³-hybridized carbons (Fsp3) is 0.357. The van der Waals surface area contributed by atoms with E-state index in [9.17, 15) is 14.4 Å². The van der Waals surface area contributed by atoms with E-state index in [0.29, 0.717) is 35.7 Å². The third kappa shape index (κ3) is 3.72. The molecule has 2 rings (SSSR count). The second kappa shape index (κ2) is 6.58. The summed E-state index contributed by atoms with van der Waals surface area (Å²) < 4.78 is 4.62. The lowest BCUT2D eigenvalue weighted by atomic mass is 9.98. The molecule has 7 heteroatoms. The lowest BCUT2D eigenvalue weighted by molar-refractivity contribution is -0.126. The Bertz CT molecular complexity index is 578. The molecular formula is C14H15ClN2O4. The van der Waals surface area contributed by atoms with Crippen LogP contribution in [-0.2, 0) is 14.3 Å². The van der Waals surface area contributed by atoms with Crippen LogP contribution in [0.15, 0.2) is 18.2 Å². The van der Waals surface area contributed by atoms with Crippen LogP contribution >= 0.6 is 11.6 Å². The SMILES string of the molecule is COC(=O)c1ccc(Cl)c(NC(=O)C2CCC(=O)NC2)c1. The highest BCUT2D eigenvalue weighted by molar-refractivity contribution is 6.33. The summed E-state index contributed by atoms with van der Waals surface area (Å²) in [6.07, 6.45) is 0.819. The fourth-order valence-corrected chi connectivity index (χ4v) is 2.22. The summed E-state index contributed by atoms with van der Waals surface area (Å²) in [7, 11) is 1.28. The Hall–Kier alpha value is -2.08. The number of anilines is 1. The van der Waals surface area contributed by atoms with E-state index in [1.165, 1.54) is 25.3 Å². The number of halogens is 1. The van der Waals surface area contributed by atoms with Crippen molar-refractivity contribution in [1.82, 2.24) is 5.32 Å². The van der Waals surface area contributed by atoms with Crippen molar-refractivity contribution in [2.24, 2.45) is 5.92 Å². The van der Waals surface area contributed by atoms with Gasteiger partial charge >= 0.3 is 5.97 Å². The Labute approximate surface area is 126 Å². The number of hydrogen-bond donors (Lipinski definition) is 2. The first-order valence-corrected chi connectivity index (χ1v) is 6.84. The van der Waals surface area contributed by atoms with Crippen LogP contribution in [0.25, 0.3) is 0 Å². The van der Waals surface area contributed by atoms with Crippen molar-refractivity contribution in [1.29, 1.82) is 0 Å². The molecule has 1 aliphatic heterocycles. The number of benzene rings is 1. The maximum absolute atomic E-state index is 12.1. The number of esters is 1. The minimum atomic E-state index is -0.507. The first kappa shape index (κ1) is 15.3. The topological polar surface area (TPSA) is 84.5 Å². The number of rotatable bonds is 3. The van der Waals surface area contributed by atoms with Crippen molar-refractivity contribution < 1.29 is 19.1 Å². The Morgan fingerprint density at radius 1 is 1.43 bits per heavy atom. The third-order valence-corrected chi connectivity index (χ3v) is 3.61. The molecule has 1 heterocycles. The second-order valence-electron chi connectivity index (χ2n) is 4.72. The molecule has 1 fully saturated rings. The number of hydrogen-bond acceptors (Lipinski definition) is 4. The third-order valence-electron chi connectivity index (χ3n) is 3.28. The summed E-state index contributed by atoms with van der Waals surface area (Å²) in [5, 5.41) is 5.66. The average molecular weight is 311 g/mol. The molecule has 1 saturated heterocycles. The molecular weight excluding hydrogens is 296 g/mol. The molecule has 1 aliphatic rings. The zero-order valence-corrected chi connectivity index (χ0v) is 12.2. The van der Waals surface area contributed by atoms with Crippen molar-refractivity contribution >= 4 is 35.1 Å². The highest BCUT2D eigenvalue weighted by Gasteiger charge is 2.25. The number of ether oxygens (including phenoxy) is 1. The minimum absolute atomic E-state index is 0.0511. The molecule has 1 aromatic carbocycles. The molecule has 0 bridgehead atoms. The maximum atomic E-state index is 12.1. The molecule has 1 aromatic rings. The van der Waals surface area contributed by atoms with Gasteiger partial charge in [-0.2, -0.15) is 0 Å². The number of methoxy groups -OCH3 is 1. The number of amides is 2. The Balaban J connectivity index is 2.09. The maximum Gasteiger partial charge on any atom is 0.337 e. The molecule has 0 spiro atoms. The van der Waals surface area contributed by atoms with Crippen LogP contribution in [-0.4, -0.2) is 31.4 Å². The second-order valence-corrected chi connectivity index (χ2v) is 5.12. The molecule has 1 unspecified atom stereocenters. The number of piperidine rings is 1. The number of nitrogens with one attached hydrogen (secondary N) is 2. The summed E-state index contributed by atoms with van der Waals surface area (Å²) in [6, 6.07) is 4.50. The van der Waals surface area contributed by atoms with Crippen molar-refractivity contribution in [3.63, 3.8) is 0 Å². The lowest BCUT2D eigenvalue weighted by Crippen LogP contribution is -2.40. The predicted octanol–water partition coefficient (Wildman–Crippen LogP) is 1.59. The van der Waals surface area contributed by atoms with Crippen LogP contribution in [0.1, 0.15) is 23.2 Å². The van der Waals surface area contributed by atoms with Gasteiger partial charge in [-0.1, -0.05) is 11.6 Å². The summed E-state index contributed by atoms with van der Waals surface area (Å²) in [5.74, 6) is -1.10. The van der Waals surface area contributed by atoms with Crippen LogP contribution in [0, 0.1) is 5.92 Å². The molecule has 0 radical (unpaired) electrons. The standard InChI is InChI=1S/C14H15ClN2O4/c1-21-14(20)8-2-4-10(15)11(6-8)17-13(19)9-3-5-12(18)16-7-9/h2,4,6,9H,3,5,7H2,1H3,(H,16,18)(H,17,19). The van der Waals surface area contributed by atoms with Gasteiger partial charge in [0.1, 0.15) is 0 Å². The van der Waals surface area contributed by atoms with Gasteiger partial charge in [0, 0.05) is 13.0 Å². The zero-order valence-electron chi connectivity index (χ0n) is 11.4. The Kier molecular flexibility index (Phi) is 4.80. The smallest absolute Gasteiger partial charge is 0.337 e. The summed E-state index contributed by atoms with van der Waals surface area (Å²) >= 11 is 6.01. The number of carbonyl (C=O) groups is 3. The van der Waals surface area contributed by atoms with Crippen molar-refractivity contribution in [3.8, 4) is 0 Å². The van der Waals surface area contributed by atoms with E-state index in [0.717, 1.165) is 0 Å². The van der Waals surface area contributed by atoms with E-state index in [-0.39, 0.29) is 17.7 Å². The van der Waals surface area contributed by atoms with Crippen molar-refractivity contribution in [2.75, 3.05) is 19.0 Å². The highest BCUT2D eigenvalue weighted by atomic mass is 35.5. The quantitative estimate of drug-likeness (QED) is 0.830. The van der Waals surface area contributed by atoms with Gasteiger partial charge in [0.05, 0.1) is 29.3 Å². The Morgan fingerprint density at radius 3 is 2.81 bits per heavy atom. The molecule has 6 nitrogen and oxygen atoms in total. The van der Waals surface area contributed by atoms with Crippen molar-refractivity contribution in [2.45, 2.75) is 12.8 Å². The van der Waals surface area contributed by atoms with Crippen LogP contribution in [0.2, 0.25) is 5.02 Å². The van der Waals surface area contributed by atoms with Gasteiger partial charge < -0.3 is 15.4 Å². The molecule has 2 N–H and O–H groups in total. The van der Waals surface area contributed by atoms with E-state index in [1.54, 1.807) is 0 Å². The van der Waals surface area contributed by atoms with E-state index >= 15 is 0 Å². The van der Waals surface area contributed by atoms with E-state index in [2.05, 4.69) is 15.4 Å². The van der Waals surface area contributed by atoms with Crippen molar-refractivity contribution in [3.05, 3.63) is 28.8 Å². The largest absolute Gasteiger partial charge is 0.465 e. The fourth-order valence-electron chi connectivity index (χ4n) is 2.06. The predicted molar refractivity (Wildman–Crippen MR) is 77.2 cm³/mol. The molecule has 21 heavy (non-hydrogen) atoms. The molecule has 0 saturated carbocycles. The van der Waals surface area contributed by atoms with E-state index < -0.39 is 5.97 Å². The molecule has 0 aromatic heterocycles. The molecule has 1 atom stereocenters. The summed E-state index contributed by atoms with van der Waals surface area (Å²) in [4.78, 5) is 34.7. The first-order valence-electron chi connectivity index (χ1n) is 6.46. The van der Waals surface area contributed by atoms with Gasteiger partial charge in [-0.3, -0.25) is 9.59 Å². The molecule has 2 amide bonds. The van der Waals surface area contributed by atoms with Crippen LogP contribution < -0.4 is 10.6 Å². The van der Waals surface area contributed by atoms with E-state index in [4.69, 9.17) is 11.6 Å². The van der Waals surface area contributed by atoms with Gasteiger partial charge in [-0.25, -0.2) is 4.79 Å². The molecule has 0 aliphatic carbocycles. The van der Waals surface area contributed by atoms with Gasteiger partial charge in [0.15, 0.2) is 0 Å². The summed E-state index contributed by atoms with van der Waals surface area (Å²) in [5.41, 5.74) is 0.649. The minimum Gasteiger partial charge on any atom is -0.465 e. The lowest BCUT2D eigenvalue weighted by Gasteiger charge is -2.22. The Morgan fingerprint density at radius 2 is 2.19 bits per heavy atom. The van der Waals surface area contributed by atoms with Gasteiger partial charge in [-0.05, 0) is 24.6 Å². The van der Waals surface area contributed by atoms with Crippen LogP contribution in [0.3, 0.4) is 0 Å². The van der Waals surface area contributed by atoms with E-state index in [1.807, 2.05) is 0 Å². The monoisotopic (exact) mass is 310 g/mol. The number of carbonyl (C=O) groups excluding carboxylic acids is 3. The highest BCUT2D eigenvalue weighted by Crippen LogP contribution is 2.25. The average Bonchev–Trinajstić information content (AvgIpc) is 2.49. The van der Waals surface area contributed by atoms with Gasteiger partial charge in [0.2, 0.25) is 11.8 Å². The van der Waals surface area contributed by atoms with Crippen LogP contribution in [0.4, 0.5) is 5.69 Å². The zero-order chi connectivity index (χ0) is 15.4. The van der Waals surface area contributed by atoms with Crippen LogP contribution in [0.5, 0.6) is 0 Å². The first-order chi connectivity index (χ1) is 10.0. The van der Waals surface area contributed by atoms with Gasteiger partial charge in [-0.15, -0.1) is 0 Å². The normalized spacial score (nSPS) is 17.8. The van der Waals surface area contributed by atoms with Gasteiger partial charge in [0.25, 0.3) is 0 Å². The molecule has 112 valence electrons.